The van der Waals surface area contributed by atoms with Crippen LogP contribution in [-0.2, 0) is 6.54 Å². The van der Waals surface area contributed by atoms with Crippen molar-refractivity contribution in [3.05, 3.63) is 81.7 Å². The van der Waals surface area contributed by atoms with E-state index in [2.05, 4.69) is 34.4 Å². The van der Waals surface area contributed by atoms with Gasteiger partial charge in [0.05, 0.1) is 4.92 Å². The highest BCUT2D eigenvalue weighted by atomic mass is 16.6. The Kier molecular flexibility index (Phi) is 5.84. The van der Waals surface area contributed by atoms with Crippen LogP contribution in [0, 0.1) is 17.0 Å². The first kappa shape index (κ1) is 19.3. The number of hydrogen-bond donors (Lipinski definition) is 2. The third kappa shape index (κ3) is 4.62. The normalized spacial score (nSPS) is 10.7. The van der Waals surface area contributed by atoms with Crippen molar-refractivity contribution in [2.75, 3.05) is 10.6 Å². The molecule has 2 aromatic carbocycles. The number of aryl methyl sites for hydroxylation is 1. The average Bonchev–Trinajstić information content (AvgIpc) is 2.68. The lowest BCUT2D eigenvalue weighted by Crippen LogP contribution is -2.08. The zero-order valence-corrected chi connectivity index (χ0v) is 16.1. The van der Waals surface area contributed by atoms with Gasteiger partial charge in [-0.2, -0.15) is 0 Å². The lowest BCUT2D eigenvalue weighted by molar-refractivity contribution is -0.383. The highest BCUT2D eigenvalue weighted by Gasteiger charge is 2.23. The van der Waals surface area contributed by atoms with Gasteiger partial charge < -0.3 is 10.6 Å². The van der Waals surface area contributed by atoms with E-state index in [4.69, 9.17) is 0 Å². The maximum atomic E-state index is 11.7. The summed E-state index contributed by atoms with van der Waals surface area (Å²) in [6.07, 6.45) is 1.31. The van der Waals surface area contributed by atoms with Crippen molar-refractivity contribution in [3.63, 3.8) is 0 Å². The van der Waals surface area contributed by atoms with Gasteiger partial charge in [-0.25, -0.2) is 9.97 Å². The van der Waals surface area contributed by atoms with Crippen LogP contribution in [0.3, 0.4) is 0 Å². The summed E-state index contributed by atoms with van der Waals surface area (Å²) in [7, 11) is 0. The fourth-order valence-electron chi connectivity index (χ4n) is 2.75. The third-order valence-corrected chi connectivity index (χ3v) is 4.43. The maximum absolute atomic E-state index is 11.7. The molecule has 7 nitrogen and oxygen atoms in total. The average molecular weight is 377 g/mol. The van der Waals surface area contributed by atoms with Crippen molar-refractivity contribution in [2.24, 2.45) is 0 Å². The van der Waals surface area contributed by atoms with Gasteiger partial charge in [0.1, 0.15) is 6.33 Å². The van der Waals surface area contributed by atoms with Gasteiger partial charge in [0, 0.05) is 12.2 Å². The molecule has 3 aromatic rings. The predicted octanol–water partition coefficient (Wildman–Crippen LogP) is 5.17. The topological polar surface area (TPSA) is 93.0 Å². The molecule has 0 aliphatic rings. The van der Waals surface area contributed by atoms with Crippen molar-refractivity contribution in [2.45, 2.75) is 33.2 Å². The summed E-state index contributed by atoms with van der Waals surface area (Å²) >= 11 is 0. The van der Waals surface area contributed by atoms with Crippen LogP contribution >= 0.6 is 0 Å². The second-order valence-corrected chi connectivity index (χ2v) is 6.92. The lowest BCUT2D eigenvalue weighted by atomic mass is 10.0. The molecule has 0 fully saturated rings. The monoisotopic (exact) mass is 377 g/mol. The summed E-state index contributed by atoms with van der Waals surface area (Å²) in [5.41, 5.74) is 3.92. The smallest absolute Gasteiger partial charge is 0.353 e. The van der Waals surface area contributed by atoms with E-state index < -0.39 is 4.92 Å². The number of hydrogen-bond acceptors (Lipinski definition) is 6. The van der Waals surface area contributed by atoms with Crippen LogP contribution in [-0.4, -0.2) is 14.9 Å². The third-order valence-electron chi connectivity index (χ3n) is 4.43. The quantitative estimate of drug-likeness (QED) is 0.436. The first-order chi connectivity index (χ1) is 13.4. The predicted molar refractivity (Wildman–Crippen MR) is 111 cm³/mol. The Bertz CT molecular complexity index is 954. The fourth-order valence-corrected chi connectivity index (χ4v) is 2.75. The largest absolute Gasteiger partial charge is 0.360 e. The molecular formula is C21H23N5O2. The minimum atomic E-state index is -0.470. The van der Waals surface area contributed by atoms with E-state index in [1.165, 1.54) is 11.9 Å². The van der Waals surface area contributed by atoms with Gasteiger partial charge in [-0.15, -0.1) is 0 Å². The molecule has 0 aliphatic carbocycles. The summed E-state index contributed by atoms with van der Waals surface area (Å²) in [6, 6.07) is 15.7. The van der Waals surface area contributed by atoms with E-state index in [0.717, 1.165) is 16.8 Å². The molecule has 144 valence electrons. The Morgan fingerprint density at radius 3 is 2.25 bits per heavy atom. The van der Waals surface area contributed by atoms with Gasteiger partial charge in [-0.1, -0.05) is 55.8 Å². The molecule has 1 aromatic heterocycles. The van der Waals surface area contributed by atoms with E-state index >= 15 is 0 Å². The summed E-state index contributed by atoms with van der Waals surface area (Å²) in [6.45, 7) is 6.67. The molecule has 0 unspecified atom stereocenters. The van der Waals surface area contributed by atoms with Gasteiger partial charge in [0.25, 0.3) is 0 Å². The lowest BCUT2D eigenvalue weighted by Gasteiger charge is -2.11. The van der Waals surface area contributed by atoms with Crippen molar-refractivity contribution < 1.29 is 4.92 Å². The molecule has 0 saturated heterocycles. The molecule has 3 rings (SSSR count). The number of nitrogens with zero attached hydrogens (tertiary/aromatic N) is 3. The maximum Gasteiger partial charge on any atom is 0.353 e. The number of rotatable bonds is 7. The van der Waals surface area contributed by atoms with Crippen molar-refractivity contribution in [3.8, 4) is 0 Å². The molecule has 0 bridgehead atoms. The van der Waals surface area contributed by atoms with E-state index in [1.807, 2.05) is 55.5 Å². The van der Waals surface area contributed by atoms with Crippen LogP contribution in [0.25, 0.3) is 0 Å². The first-order valence-electron chi connectivity index (χ1n) is 9.10. The number of anilines is 3. The SMILES string of the molecule is Cc1ccc(CNc2ncnc(Nc3ccc(C(C)C)cc3)c2[N+](=O)[O-])cc1. The molecule has 2 N–H and O–H groups in total. The minimum Gasteiger partial charge on any atom is -0.360 e. The highest BCUT2D eigenvalue weighted by molar-refractivity contribution is 5.73. The van der Waals surface area contributed by atoms with Gasteiger partial charge in [-0.05, 0) is 36.1 Å². The molecule has 0 spiro atoms. The van der Waals surface area contributed by atoms with Gasteiger partial charge in [0.15, 0.2) is 0 Å². The van der Waals surface area contributed by atoms with Crippen LogP contribution in [0.5, 0.6) is 0 Å². The standard InChI is InChI=1S/C21H23N5O2/c1-14(2)17-8-10-18(11-9-17)25-21-19(26(27)28)20(23-13-24-21)22-12-16-6-4-15(3)5-7-16/h4-11,13-14H,12H2,1-3H3,(H2,22,23,24,25). The molecule has 0 saturated carbocycles. The van der Waals surface area contributed by atoms with Crippen LogP contribution in [0.2, 0.25) is 0 Å². The van der Waals surface area contributed by atoms with Crippen molar-refractivity contribution in [1.29, 1.82) is 0 Å². The number of nitro groups is 1. The molecule has 7 heteroatoms. The summed E-state index contributed by atoms with van der Waals surface area (Å²) in [5.74, 6) is 0.755. The molecular weight excluding hydrogens is 354 g/mol. The Hall–Kier alpha value is -3.48. The summed E-state index contributed by atoms with van der Waals surface area (Å²) in [4.78, 5) is 19.4. The highest BCUT2D eigenvalue weighted by Crippen LogP contribution is 2.31. The number of benzene rings is 2. The van der Waals surface area contributed by atoms with E-state index in [9.17, 15) is 10.1 Å². The zero-order chi connectivity index (χ0) is 20.1. The van der Waals surface area contributed by atoms with Gasteiger partial charge in [0.2, 0.25) is 11.6 Å². The second kappa shape index (κ2) is 8.47. The zero-order valence-electron chi connectivity index (χ0n) is 16.1. The first-order valence-corrected chi connectivity index (χ1v) is 9.10. The number of nitrogens with one attached hydrogen (secondary N) is 2. The van der Waals surface area contributed by atoms with Crippen LogP contribution < -0.4 is 10.6 Å². The van der Waals surface area contributed by atoms with Crippen LogP contribution in [0.4, 0.5) is 23.0 Å². The van der Waals surface area contributed by atoms with Crippen LogP contribution in [0.15, 0.2) is 54.9 Å². The molecule has 1 heterocycles. The van der Waals surface area contributed by atoms with E-state index in [1.54, 1.807) is 0 Å². The minimum absolute atomic E-state index is 0.156. The molecule has 0 amide bonds. The fraction of sp³-hybridized carbons (Fsp3) is 0.238. The van der Waals surface area contributed by atoms with Gasteiger partial charge in [-0.3, -0.25) is 10.1 Å². The van der Waals surface area contributed by atoms with Crippen molar-refractivity contribution >= 4 is 23.0 Å². The van der Waals surface area contributed by atoms with Crippen LogP contribution in [0.1, 0.15) is 36.5 Å². The van der Waals surface area contributed by atoms with E-state index in [0.29, 0.717) is 12.5 Å². The molecule has 0 atom stereocenters. The van der Waals surface area contributed by atoms with E-state index in [-0.39, 0.29) is 17.3 Å². The Morgan fingerprint density at radius 2 is 1.64 bits per heavy atom. The number of aromatic nitrogens is 2. The summed E-state index contributed by atoms with van der Waals surface area (Å²) in [5, 5.41) is 17.8. The Labute approximate surface area is 164 Å². The Morgan fingerprint density at radius 1 is 1.00 bits per heavy atom. The molecule has 0 aliphatic heterocycles. The summed E-state index contributed by atoms with van der Waals surface area (Å²) < 4.78 is 0. The molecule has 0 radical (unpaired) electrons. The van der Waals surface area contributed by atoms with Gasteiger partial charge >= 0.3 is 5.69 Å². The Balaban J connectivity index is 1.82. The van der Waals surface area contributed by atoms with Crippen molar-refractivity contribution in [1.82, 2.24) is 9.97 Å². The second-order valence-electron chi connectivity index (χ2n) is 6.92. The molecule has 28 heavy (non-hydrogen) atoms.